The molecule has 0 spiro atoms. The zero-order chi connectivity index (χ0) is 17.3. The van der Waals surface area contributed by atoms with Crippen molar-refractivity contribution in [3.63, 3.8) is 0 Å². The molecular weight excluding hydrogens is 304 g/mol. The molecule has 2 aromatic rings. The van der Waals surface area contributed by atoms with Crippen LogP contribution in [0.2, 0.25) is 0 Å². The van der Waals surface area contributed by atoms with E-state index in [1.54, 1.807) is 28.9 Å². The molecule has 1 aliphatic carbocycles. The second-order valence-electron chi connectivity index (χ2n) is 6.34. The van der Waals surface area contributed by atoms with Crippen molar-refractivity contribution >= 4 is 23.2 Å². The van der Waals surface area contributed by atoms with E-state index in [1.165, 1.54) is 0 Å². The van der Waals surface area contributed by atoms with Crippen molar-refractivity contribution in [2.45, 2.75) is 33.1 Å². The third-order valence-electron chi connectivity index (χ3n) is 4.38. The number of carbonyl (C=O) groups excluding carboxylic acids is 2. The van der Waals surface area contributed by atoms with E-state index in [1.807, 2.05) is 20.9 Å². The van der Waals surface area contributed by atoms with Crippen LogP contribution in [0.5, 0.6) is 0 Å². The minimum Gasteiger partial charge on any atom is -0.326 e. The van der Waals surface area contributed by atoms with Crippen LogP contribution in [0.1, 0.15) is 29.8 Å². The van der Waals surface area contributed by atoms with Gasteiger partial charge in [-0.2, -0.15) is 5.10 Å². The Morgan fingerprint density at radius 2 is 1.71 bits per heavy atom. The average molecular weight is 326 g/mol. The van der Waals surface area contributed by atoms with Gasteiger partial charge in [-0.1, -0.05) is 0 Å². The Bertz CT molecular complexity index is 773. The number of nitrogens with one attached hydrogen (secondary N) is 2. The quantitative estimate of drug-likeness (QED) is 0.886. The van der Waals surface area contributed by atoms with Gasteiger partial charge in [-0.15, -0.1) is 0 Å². The number of aromatic nitrogens is 2. The highest BCUT2D eigenvalue weighted by Gasteiger charge is 2.29. The molecule has 6 heteroatoms. The molecular formula is C18H22N4O2. The first kappa shape index (κ1) is 16.2. The van der Waals surface area contributed by atoms with Crippen LogP contribution >= 0.6 is 0 Å². The predicted octanol–water partition coefficient (Wildman–Crippen LogP) is 2.57. The Hall–Kier alpha value is -2.63. The highest BCUT2D eigenvalue weighted by Crippen LogP contribution is 2.30. The number of nitrogens with zero attached hydrogens (tertiary/aromatic N) is 2. The summed E-state index contributed by atoms with van der Waals surface area (Å²) in [7, 11) is 1.87. The Labute approximate surface area is 141 Å². The van der Waals surface area contributed by atoms with Gasteiger partial charge in [-0.05, 0) is 51.0 Å². The molecule has 1 saturated carbocycles. The lowest BCUT2D eigenvalue weighted by Gasteiger charge is -2.08. The molecule has 24 heavy (non-hydrogen) atoms. The second-order valence-corrected chi connectivity index (χ2v) is 6.34. The highest BCUT2D eigenvalue weighted by atomic mass is 16.2. The fourth-order valence-corrected chi connectivity index (χ4v) is 2.67. The molecule has 0 atom stereocenters. The van der Waals surface area contributed by atoms with Crippen molar-refractivity contribution in [1.29, 1.82) is 0 Å². The number of amides is 2. The molecule has 0 aliphatic heterocycles. The number of aryl methyl sites for hydroxylation is 2. The second kappa shape index (κ2) is 6.47. The first-order valence-electron chi connectivity index (χ1n) is 8.14. The Kier molecular flexibility index (Phi) is 4.38. The molecule has 0 saturated heterocycles. The first-order valence-corrected chi connectivity index (χ1v) is 8.14. The number of hydrogen-bond donors (Lipinski definition) is 2. The molecule has 1 aromatic carbocycles. The van der Waals surface area contributed by atoms with Gasteiger partial charge >= 0.3 is 0 Å². The van der Waals surface area contributed by atoms with E-state index >= 15 is 0 Å². The van der Waals surface area contributed by atoms with E-state index in [0.717, 1.165) is 35.5 Å². The lowest BCUT2D eigenvalue weighted by Crippen LogP contribution is -2.16. The number of rotatable bonds is 5. The number of hydrogen-bond acceptors (Lipinski definition) is 3. The SMILES string of the molecule is Cc1nn(C)c(C)c1CC(=O)Nc1ccc(NC(=O)C2CC2)cc1. The molecule has 126 valence electrons. The normalized spacial score (nSPS) is 13.6. The molecule has 0 bridgehead atoms. The van der Waals surface area contributed by atoms with Gasteiger partial charge in [0.15, 0.2) is 0 Å². The van der Waals surface area contributed by atoms with Crippen LogP contribution in [-0.4, -0.2) is 21.6 Å². The molecule has 2 amide bonds. The lowest BCUT2D eigenvalue weighted by molar-refractivity contribution is -0.117. The zero-order valence-electron chi connectivity index (χ0n) is 14.2. The Morgan fingerprint density at radius 1 is 1.12 bits per heavy atom. The maximum atomic E-state index is 12.2. The highest BCUT2D eigenvalue weighted by molar-refractivity contribution is 5.95. The summed E-state index contributed by atoms with van der Waals surface area (Å²) in [6.45, 7) is 3.87. The van der Waals surface area contributed by atoms with Crippen molar-refractivity contribution in [2.24, 2.45) is 13.0 Å². The summed E-state index contributed by atoms with van der Waals surface area (Å²) in [6, 6.07) is 7.19. The number of anilines is 2. The Balaban J connectivity index is 1.58. The van der Waals surface area contributed by atoms with Crippen molar-refractivity contribution < 1.29 is 9.59 Å². The van der Waals surface area contributed by atoms with Crippen molar-refractivity contribution in [1.82, 2.24) is 9.78 Å². The van der Waals surface area contributed by atoms with Gasteiger partial charge in [0.25, 0.3) is 0 Å². The van der Waals surface area contributed by atoms with E-state index in [-0.39, 0.29) is 17.7 Å². The third-order valence-corrected chi connectivity index (χ3v) is 4.38. The zero-order valence-corrected chi connectivity index (χ0v) is 14.2. The van der Waals surface area contributed by atoms with Crippen molar-refractivity contribution in [3.05, 3.63) is 41.2 Å². The Morgan fingerprint density at radius 3 is 2.21 bits per heavy atom. The van der Waals surface area contributed by atoms with Crippen LogP contribution in [0, 0.1) is 19.8 Å². The monoisotopic (exact) mass is 326 g/mol. The first-order chi connectivity index (χ1) is 11.4. The molecule has 2 N–H and O–H groups in total. The number of carbonyl (C=O) groups is 2. The van der Waals surface area contributed by atoms with Crippen molar-refractivity contribution in [2.75, 3.05) is 10.6 Å². The fraction of sp³-hybridized carbons (Fsp3) is 0.389. The van der Waals surface area contributed by atoms with Gasteiger partial charge in [0.05, 0.1) is 12.1 Å². The van der Waals surface area contributed by atoms with Crippen LogP contribution in [0.4, 0.5) is 11.4 Å². The molecule has 6 nitrogen and oxygen atoms in total. The van der Waals surface area contributed by atoms with Gasteiger partial charge in [-0.25, -0.2) is 0 Å². The van der Waals surface area contributed by atoms with Gasteiger partial charge in [0.1, 0.15) is 0 Å². The molecule has 3 rings (SSSR count). The molecule has 1 fully saturated rings. The largest absolute Gasteiger partial charge is 0.326 e. The third kappa shape index (κ3) is 3.64. The lowest BCUT2D eigenvalue weighted by atomic mass is 10.1. The minimum atomic E-state index is -0.0797. The summed E-state index contributed by atoms with van der Waals surface area (Å²) in [5, 5.41) is 10.1. The maximum absolute atomic E-state index is 12.2. The average Bonchev–Trinajstić information content (AvgIpc) is 3.35. The summed E-state index contributed by atoms with van der Waals surface area (Å²) < 4.78 is 1.79. The van der Waals surface area contributed by atoms with E-state index in [4.69, 9.17) is 0 Å². The van der Waals surface area contributed by atoms with Gasteiger partial charge in [0, 0.05) is 35.6 Å². The standard InChI is InChI=1S/C18H22N4O2/c1-11-16(12(2)22(3)21-11)10-17(23)19-14-6-8-15(9-7-14)20-18(24)13-4-5-13/h6-9,13H,4-5,10H2,1-3H3,(H,19,23)(H,20,24). The summed E-state index contributed by atoms with van der Waals surface area (Å²) in [5.74, 6) is 0.175. The van der Waals surface area contributed by atoms with Crippen LogP contribution < -0.4 is 10.6 Å². The summed E-state index contributed by atoms with van der Waals surface area (Å²) in [4.78, 5) is 24.0. The van der Waals surface area contributed by atoms with Gasteiger partial charge in [0.2, 0.25) is 11.8 Å². The molecule has 0 radical (unpaired) electrons. The summed E-state index contributed by atoms with van der Waals surface area (Å²) >= 11 is 0. The minimum absolute atomic E-state index is 0.0781. The molecule has 0 unspecified atom stereocenters. The van der Waals surface area contributed by atoms with Crippen LogP contribution in [0.25, 0.3) is 0 Å². The van der Waals surface area contributed by atoms with E-state index in [0.29, 0.717) is 12.1 Å². The molecule has 1 heterocycles. The summed E-state index contributed by atoms with van der Waals surface area (Å²) in [5.41, 5.74) is 4.31. The topological polar surface area (TPSA) is 76.0 Å². The molecule has 1 aliphatic rings. The smallest absolute Gasteiger partial charge is 0.228 e. The van der Waals surface area contributed by atoms with Crippen molar-refractivity contribution in [3.8, 4) is 0 Å². The van der Waals surface area contributed by atoms with Crippen LogP contribution in [0.15, 0.2) is 24.3 Å². The van der Waals surface area contributed by atoms with E-state index in [2.05, 4.69) is 15.7 Å². The molecule has 1 aromatic heterocycles. The maximum Gasteiger partial charge on any atom is 0.228 e. The van der Waals surface area contributed by atoms with Crippen LogP contribution in [-0.2, 0) is 23.1 Å². The van der Waals surface area contributed by atoms with Gasteiger partial charge in [-0.3, -0.25) is 14.3 Å². The predicted molar refractivity (Wildman–Crippen MR) is 92.8 cm³/mol. The van der Waals surface area contributed by atoms with E-state index in [9.17, 15) is 9.59 Å². The number of benzene rings is 1. The summed E-state index contributed by atoms with van der Waals surface area (Å²) in [6.07, 6.45) is 2.26. The van der Waals surface area contributed by atoms with Gasteiger partial charge < -0.3 is 10.6 Å². The fourth-order valence-electron chi connectivity index (χ4n) is 2.67. The van der Waals surface area contributed by atoms with E-state index < -0.39 is 0 Å². The van der Waals surface area contributed by atoms with Crippen LogP contribution in [0.3, 0.4) is 0 Å².